The first-order valence-electron chi connectivity index (χ1n) is 6.07. The van der Waals surface area contributed by atoms with Crippen molar-refractivity contribution < 1.29 is 9.90 Å². The number of hydrogen-bond donors (Lipinski definition) is 2. The maximum absolute atomic E-state index is 12.0. The van der Waals surface area contributed by atoms with Gasteiger partial charge in [0.15, 0.2) is 0 Å². The molecule has 0 saturated carbocycles. The summed E-state index contributed by atoms with van der Waals surface area (Å²) in [6.45, 7) is 4.68. The number of hydrogen-bond acceptors (Lipinski definition) is 4. The smallest absolute Gasteiger partial charge is 0.257 e. The summed E-state index contributed by atoms with van der Waals surface area (Å²) < 4.78 is 0. The van der Waals surface area contributed by atoms with E-state index in [1.165, 1.54) is 18.5 Å². The molecule has 1 aromatic heterocycles. The lowest BCUT2D eigenvalue weighted by molar-refractivity contribution is 0.0786. The van der Waals surface area contributed by atoms with Gasteiger partial charge in [-0.05, 0) is 18.4 Å². The fraction of sp³-hybridized carbons (Fsp3) is 0.538. The van der Waals surface area contributed by atoms with E-state index in [0.29, 0.717) is 12.5 Å². The lowest BCUT2D eigenvalue weighted by atomic mass is 10.0. The lowest BCUT2D eigenvalue weighted by Crippen LogP contribution is -2.34. The molecule has 0 bridgehead atoms. The molecule has 0 aliphatic rings. The van der Waals surface area contributed by atoms with Gasteiger partial charge in [-0.2, -0.15) is 0 Å². The van der Waals surface area contributed by atoms with Crippen molar-refractivity contribution in [3.05, 3.63) is 24.0 Å². The van der Waals surface area contributed by atoms with E-state index in [0.717, 1.165) is 6.42 Å². The van der Waals surface area contributed by atoms with E-state index in [2.05, 4.69) is 18.8 Å². The summed E-state index contributed by atoms with van der Waals surface area (Å²) in [5.74, 6) is 0.0798. The first kappa shape index (κ1) is 14.4. The Morgan fingerprint density at radius 3 is 2.78 bits per heavy atom. The van der Waals surface area contributed by atoms with E-state index in [1.54, 1.807) is 11.9 Å². The van der Waals surface area contributed by atoms with Gasteiger partial charge in [0, 0.05) is 25.8 Å². The molecular weight excluding hydrogens is 230 g/mol. The molecule has 1 unspecified atom stereocenters. The fourth-order valence-corrected chi connectivity index (χ4v) is 1.55. The molecule has 3 N–H and O–H groups in total. The van der Waals surface area contributed by atoms with Crippen molar-refractivity contribution in [1.29, 1.82) is 0 Å². The third-order valence-electron chi connectivity index (χ3n) is 3.03. The molecule has 0 spiro atoms. The Morgan fingerprint density at radius 2 is 2.22 bits per heavy atom. The molecule has 0 saturated heterocycles. The molecule has 0 radical (unpaired) electrons. The number of nitrogens with zero attached hydrogens (tertiary/aromatic N) is 2. The Hall–Kier alpha value is -1.62. The number of amides is 1. The molecule has 100 valence electrons. The van der Waals surface area contributed by atoms with Gasteiger partial charge >= 0.3 is 0 Å². The summed E-state index contributed by atoms with van der Waals surface area (Å²) in [4.78, 5) is 17.4. The van der Waals surface area contributed by atoms with Crippen LogP contribution in [0.2, 0.25) is 0 Å². The van der Waals surface area contributed by atoms with Gasteiger partial charge in [-0.3, -0.25) is 9.78 Å². The Bertz CT molecular complexity index is 407. The molecular formula is C13H21N3O2. The first-order valence-corrected chi connectivity index (χ1v) is 6.07. The molecule has 1 atom stereocenters. The molecule has 0 fully saturated rings. The number of nitrogens with two attached hydrogens (primary N) is 1. The maximum Gasteiger partial charge on any atom is 0.257 e. The molecule has 0 aliphatic carbocycles. The Balaban J connectivity index is 2.60. The second kappa shape index (κ2) is 6.35. The van der Waals surface area contributed by atoms with Crippen molar-refractivity contribution in [2.45, 2.75) is 26.3 Å². The normalized spacial score (nSPS) is 12.5. The van der Waals surface area contributed by atoms with Gasteiger partial charge in [-0.1, -0.05) is 13.8 Å². The fourth-order valence-electron chi connectivity index (χ4n) is 1.55. The second-order valence-corrected chi connectivity index (χ2v) is 4.82. The second-order valence-electron chi connectivity index (χ2n) is 4.82. The number of rotatable bonds is 5. The van der Waals surface area contributed by atoms with E-state index >= 15 is 0 Å². The summed E-state index contributed by atoms with van der Waals surface area (Å²) in [5, 5.41) is 9.56. The van der Waals surface area contributed by atoms with Crippen LogP contribution in [0, 0.1) is 5.92 Å². The number of aromatic nitrogens is 1. The van der Waals surface area contributed by atoms with Crippen LogP contribution in [0.1, 0.15) is 30.6 Å². The van der Waals surface area contributed by atoms with Crippen LogP contribution in [0.4, 0.5) is 0 Å². The molecule has 0 aromatic carbocycles. The summed E-state index contributed by atoms with van der Waals surface area (Å²) in [6.07, 6.45) is 3.49. The molecule has 1 aromatic rings. The Morgan fingerprint density at radius 1 is 1.56 bits per heavy atom. The molecule has 5 heteroatoms. The van der Waals surface area contributed by atoms with Crippen LogP contribution in [0.3, 0.4) is 0 Å². The van der Waals surface area contributed by atoms with Gasteiger partial charge in [0.05, 0.1) is 11.8 Å². The standard InChI is InChI=1S/C13H21N3O2/c1-9(2)11(14)5-7-16(3)13(18)10-4-6-15-8-12(10)17/h4,6,8-9,11,17H,5,7,14H2,1-3H3. The van der Waals surface area contributed by atoms with Crippen LogP contribution in [0.5, 0.6) is 5.75 Å². The summed E-state index contributed by atoms with van der Waals surface area (Å²) in [6, 6.07) is 1.59. The highest BCUT2D eigenvalue weighted by atomic mass is 16.3. The maximum atomic E-state index is 12.0. The summed E-state index contributed by atoms with van der Waals surface area (Å²) in [7, 11) is 1.70. The van der Waals surface area contributed by atoms with Crippen LogP contribution < -0.4 is 5.73 Å². The average Bonchev–Trinajstić information content (AvgIpc) is 2.35. The molecule has 1 amide bonds. The van der Waals surface area contributed by atoms with Crippen molar-refractivity contribution in [2.24, 2.45) is 11.7 Å². The van der Waals surface area contributed by atoms with Crippen molar-refractivity contribution >= 4 is 5.91 Å². The van der Waals surface area contributed by atoms with Gasteiger partial charge in [-0.25, -0.2) is 0 Å². The van der Waals surface area contributed by atoms with E-state index in [9.17, 15) is 9.90 Å². The molecule has 5 nitrogen and oxygen atoms in total. The third-order valence-corrected chi connectivity index (χ3v) is 3.03. The molecule has 1 heterocycles. The van der Waals surface area contributed by atoms with Gasteiger partial charge < -0.3 is 15.7 Å². The predicted octanol–water partition coefficient (Wildman–Crippen LogP) is 1.23. The number of carbonyl (C=O) groups excluding carboxylic acids is 1. The highest BCUT2D eigenvalue weighted by Crippen LogP contribution is 2.16. The summed E-state index contributed by atoms with van der Waals surface area (Å²) >= 11 is 0. The quantitative estimate of drug-likeness (QED) is 0.825. The van der Waals surface area contributed by atoms with E-state index in [-0.39, 0.29) is 23.3 Å². The SMILES string of the molecule is CC(C)C(N)CCN(C)C(=O)c1ccncc1O. The minimum Gasteiger partial charge on any atom is -0.505 e. The Kier molecular flexibility index (Phi) is 5.09. The van der Waals surface area contributed by atoms with Crippen LogP contribution in [-0.2, 0) is 0 Å². The van der Waals surface area contributed by atoms with Crippen molar-refractivity contribution in [2.75, 3.05) is 13.6 Å². The number of aromatic hydroxyl groups is 1. The number of carbonyl (C=O) groups is 1. The predicted molar refractivity (Wildman–Crippen MR) is 70.3 cm³/mol. The molecule has 1 rings (SSSR count). The third kappa shape index (κ3) is 3.70. The molecule has 18 heavy (non-hydrogen) atoms. The summed E-state index contributed by atoms with van der Waals surface area (Å²) in [5.41, 5.74) is 6.21. The van der Waals surface area contributed by atoms with Crippen LogP contribution in [0.15, 0.2) is 18.5 Å². The van der Waals surface area contributed by atoms with Crippen LogP contribution in [0.25, 0.3) is 0 Å². The van der Waals surface area contributed by atoms with Gasteiger partial charge in [-0.15, -0.1) is 0 Å². The van der Waals surface area contributed by atoms with E-state index < -0.39 is 0 Å². The van der Waals surface area contributed by atoms with Crippen LogP contribution in [-0.4, -0.2) is 40.5 Å². The first-order chi connectivity index (χ1) is 8.43. The monoisotopic (exact) mass is 251 g/mol. The zero-order valence-corrected chi connectivity index (χ0v) is 11.1. The largest absolute Gasteiger partial charge is 0.505 e. The van der Waals surface area contributed by atoms with Crippen LogP contribution >= 0.6 is 0 Å². The minimum atomic E-state index is -0.217. The highest BCUT2D eigenvalue weighted by Gasteiger charge is 2.17. The van der Waals surface area contributed by atoms with Crippen molar-refractivity contribution in [3.8, 4) is 5.75 Å². The van der Waals surface area contributed by atoms with Gasteiger partial charge in [0.1, 0.15) is 5.75 Å². The Labute approximate surface area is 108 Å². The minimum absolute atomic E-state index is 0.0753. The van der Waals surface area contributed by atoms with Crippen molar-refractivity contribution in [3.63, 3.8) is 0 Å². The number of pyridine rings is 1. The zero-order valence-electron chi connectivity index (χ0n) is 11.1. The van der Waals surface area contributed by atoms with E-state index in [4.69, 9.17) is 5.73 Å². The topological polar surface area (TPSA) is 79.5 Å². The lowest BCUT2D eigenvalue weighted by Gasteiger charge is -2.21. The highest BCUT2D eigenvalue weighted by molar-refractivity contribution is 5.96. The average molecular weight is 251 g/mol. The van der Waals surface area contributed by atoms with E-state index in [1.807, 2.05) is 0 Å². The molecule has 0 aliphatic heterocycles. The van der Waals surface area contributed by atoms with Gasteiger partial charge in [0.2, 0.25) is 0 Å². The van der Waals surface area contributed by atoms with Gasteiger partial charge in [0.25, 0.3) is 5.91 Å². The van der Waals surface area contributed by atoms with Crippen molar-refractivity contribution in [1.82, 2.24) is 9.88 Å². The zero-order chi connectivity index (χ0) is 13.7.